The molecule has 0 spiro atoms. The van der Waals surface area contributed by atoms with Gasteiger partial charge in [0.2, 0.25) is 5.82 Å². The Bertz CT molecular complexity index is 1610. The number of hydrogen-bond acceptors (Lipinski definition) is 7. The largest absolute Gasteiger partial charge is 0.490 e. The molecule has 1 saturated carbocycles. The second-order valence-corrected chi connectivity index (χ2v) is 10.1. The fourth-order valence-corrected chi connectivity index (χ4v) is 4.23. The predicted octanol–water partition coefficient (Wildman–Crippen LogP) is 4.62. The van der Waals surface area contributed by atoms with Crippen LogP contribution in [0.3, 0.4) is 0 Å². The summed E-state index contributed by atoms with van der Waals surface area (Å²) >= 11 is 0. The number of aliphatic carboxylic acids is 2. The molecule has 1 aliphatic rings. The quantitative estimate of drug-likeness (QED) is 0.108. The van der Waals surface area contributed by atoms with Crippen molar-refractivity contribution in [3.63, 3.8) is 0 Å². The zero-order valence-corrected chi connectivity index (χ0v) is 24.8. The first-order valence-electron chi connectivity index (χ1n) is 13.7. The molecule has 1 heterocycles. The van der Waals surface area contributed by atoms with Crippen molar-refractivity contribution in [1.29, 1.82) is 5.41 Å². The number of carboxylic acids is 2. The van der Waals surface area contributed by atoms with Gasteiger partial charge < -0.3 is 31.9 Å². The van der Waals surface area contributed by atoms with Gasteiger partial charge in [-0.15, -0.1) is 0 Å². The molecule has 12 nitrogen and oxygen atoms in total. The fraction of sp³-hybridized carbons (Fsp3) is 0.357. The summed E-state index contributed by atoms with van der Waals surface area (Å²) in [6.45, 7) is 1.83. The first kappa shape index (κ1) is 38.9. The molecule has 20 heteroatoms. The van der Waals surface area contributed by atoms with Crippen molar-refractivity contribution in [1.82, 2.24) is 20.6 Å². The molecular weight excluding hydrogens is 666 g/mol. The molecule has 2 unspecified atom stereocenters. The number of nitrogens with one attached hydrogen (secondary N) is 4. The van der Waals surface area contributed by atoms with E-state index in [-0.39, 0.29) is 36.0 Å². The van der Waals surface area contributed by atoms with Crippen LogP contribution in [0, 0.1) is 24.0 Å². The summed E-state index contributed by atoms with van der Waals surface area (Å²) in [5.74, 6) is -7.15. The number of guanidine groups is 1. The predicted molar refractivity (Wildman–Crippen MR) is 154 cm³/mol. The van der Waals surface area contributed by atoms with Crippen molar-refractivity contribution in [3.05, 3.63) is 65.0 Å². The highest BCUT2D eigenvalue weighted by Crippen LogP contribution is 2.27. The summed E-state index contributed by atoms with van der Waals surface area (Å²) in [5.41, 5.74) is 7.34. The van der Waals surface area contributed by atoms with E-state index in [0.717, 1.165) is 48.8 Å². The van der Waals surface area contributed by atoms with Gasteiger partial charge in [0.1, 0.15) is 17.5 Å². The number of anilines is 1. The molecule has 8 N–H and O–H groups in total. The Morgan fingerprint density at radius 2 is 1.48 bits per heavy atom. The molecule has 1 fully saturated rings. The number of carbonyl (C=O) groups excluding carboxylic acids is 1. The monoisotopic (exact) mass is 695 g/mol. The smallest absolute Gasteiger partial charge is 0.475 e. The van der Waals surface area contributed by atoms with Crippen molar-refractivity contribution in [2.75, 3.05) is 5.32 Å². The van der Waals surface area contributed by atoms with E-state index in [0.29, 0.717) is 11.3 Å². The number of aromatic nitrogens is 2. The standard InChI is InChI=1S/C24H27F2N7O.2C2HF3O2/c1-13-6-9-18-16(10-13)21(31-19-4-2-3-5-20(19)32-24(27)28)33-22(30-18)23(34)29-12-14-7-8-15(25)11-17(14)26;2*3-2(4,5)1(6)7/h6-11,19-20H,2-5,12H2,1H3,(H,29,34)(H4,27,28,32)(H,30,31,33);2*(H,6,7). The number of amides is 1. The second kappa shape index (κ2) is 16.5. The van der Waals surface area contributed by atoms with Crippen LogP contribution in [0.1, 0.15) is 47.4 Å². The van der Waals surface area contributed by atoms with Crippen molar-refractivity contribution in [3.8, 4) is 0 Å². The van der Waals surface area contributed by atoms with Gasteiger partial charge in [-0.1, -0.05) is 30.5 Å². The number of benzene rings is 2. The van der Waals surface area contributed by atoms with Crippen molar-refractivity contribution < 1.29 is 59.7 Å². The number of alkyl halides is 6. The molecule has 2 atom stereocenters. The van der Waals surface area contributed by atoms with E-state index in [1.165, 1.54) is 6.07 Å². The maximum atomic E-state index is 13.9. The van der Waals surface area contributed by atoms with Gasteiger partial charge in [0.15, 0.2) is 5.96 Å². The number of fused-ring (bicyclic) bond motifs is 1. The summed E-state index contributed by atoms with van der Waals surface area (Å²) in [4.78, 5) is 39.5. The molecule has 1 aromatic heterocycles. The summed E-state index contributed by atoms with van der Waals surface area (Å²) in [6.07, 6.45) is -6.41. The zero-order chi connectivity index (χ0) is 36.4. The first-order chi connectivity index (χ1) is 22.2. The highest BCUT2D eigenvalue weighted by molar-refractivity contribution is 5.96. The number of halogens is 8. The summed E-state index contributed by atoms with van der Waals surface area (Å²) in [6, 6.07) is 8.78. The number of carboxylic acid groups (broad SMARTS) is 2. The van der Waals surface area contributed by atoms with E-state index < -0.39 is 41.8 Å². The SMILES string of the molecule is Cc1ccc2nc(C(=O)NCc3ccc(F)cc3F)nc(NC3CCCCC3NC(=N)N)c2c1.O=C(O)C(F)(F)F.O=C(O)C(F)(F)F. The molecule has 0 saturated heterocycles. The van der Waals surface area contributed by atoms with E-state index in [1.807, 2.05) is 25.1 Å². The van der Waals surface area contributed by atoms with Gasteiger partial charge in [0.25, 0.3) is 5.91 Å². The molecule has 262 valence electrons. The lowest BCUT2D eigenvalue weighted by molar-refractivity contribution is -0.193. The van der Waals surface area contributed by atoms with Crippen LogP contribution < -0.4 is 21.7 Å². The number of carbonyl (C=O) groups is 3. The average molecular weight is 696 g/mol. The fourth-order valence-electron chi connectivity index (χ4n) is 4.23. The number of nitrogens with zero attached hydrogens (tertiary/aromatic N) is 2. The summed E-state index contributed by atoms with van der Waals surface area (Å²) < 4.78 is 90.6. The van der Waals surface area contributed by atoms with E-state index in [2.05, 4.69) is 25.9 Å². The van der Waals surface area contributed by atoms with Gasteiger partial charge in [-0.2, -0.15) is 26.3 Å². The Morgan fingerprint density at radius 1 is 0.917 bits per heavy atom. The van der Waals surface area contributed by atoms with Crippen molar-refractivity contribution in [2.45, 2.75) is 63.6 Å². The molecule has 1 aliphatic carbocycles. The van der Waals surface area contributed by atoms with Crippen LogP contribution in [0.2, 0.25) is 0 Å². The molecule has 3 aromatic rings. The number of nitrogens with two attached hydrogens (primary N) is 1. The third-order valence-electron chi connectivity index (χ3n) is 6.42. The number of hydrogen-bond donors (Lipinski definition) is 7. The molecule has 48 heavy (non-hydrogen) atoms. The van der Waals surface area contributed by atoms with Gasteiger partial charge in [0, 0.05) is 35.6 Å². The lowest BCUT2D eigenvalue weighted by atomic mass is 9.90. The Balaban J connectivity index is 0.000000479. The normalized spacial score (nSPS) is 15.9. The van der Waals surface area contributed by atoms with Crippen LogP contribution in [-0.2, 0) is 16.1 Å². The number of rotatable bonds is 6. The molecular formula is C28H29F8N7O5. The van der Waals surface area contributed by atoms with Crippen molar-refractivity contribution in [2.24, 2.45) is 5.73 Å². The van der Waals surface area contributed by atoms with Gasteiger partial charge >= 0.3 is 24.3 Å². The highest BCUT2D eigenvalue weighted by Gasteiger charge is 2.39. The lowest BCUT2D eigenvalue weighted by Gasteiger charge is -2.33. The van der Waals surface area contributed by atoms with E-state index in [9.17, 15) is 39.9 Å². The topological polar surface area (TPSA) is 203 Å². The Hall–Kier alpha value is -5.30. The Morgan fingerprint density at radius 3 is 2.00 bits per heavy atom. The van der Waals surface area contributed by atoms with Gasteiger partial charge in [-0.25, -0.2) is 28.3 Å². The van der Waals surface area contributed by atoms with Gasteiger partial charge in [0.05, 0.1) is 5.52 Å². The Kier molecular flexibility index (Phi) is 13.4. The minimum absolute atomic E-state index is 0.0412. The Labute approximate surface area is 266 Å². The molecule has 4 rings (SSSR count). The average Bonchev–Trinajstić information content (AvgIpc) is 2.97. The van der Waals surface area contributed by atoms with Crippen molar-refractivity contribution >= 4 is 40.5 Å². The van der Waals surface area contributed by atoms with Crippen LogP contribution in [0.4, 0.5) is 40.9 Å². The minimum atomic E-state index is -5.08. The van der Waals surface area contributed by atoms with Crippen LogP contribution in [-0.4, -0.2) is 68.4 Å². The maximum Gasteiger partial charge on any atom is 0.490 e. The highest BCUT2D eigenvalue weighted by atomic mass is 19.4. The molecule has 0 radical (unpaired) electrons. The molecule has 1 amide bonds. The van der Waals surface area contributed by atoms with Crippen LogP contribution >= 0.6 is 0 Å². The molecule has 0 bridgehead atoms. The van der Waals surface area contributed by atoms with E-state index >= 15 is 0 Å². The zero-order valence-electron chi connectivity index (χ0n) is 24.8. The summed E-state index contributed by atoms with van der Waals surface area (Å²) in [7, 11) is 0. The number of aryl methyl sites for hydroxylation is 1. The lowest BCUT2D eigenvalue weighted by Crippen LogP contribution is -2.50. The third-order valence-corrected chi connectivity index (χ3v) is 6.42. The second-order valence-electron chi connectivity index (χ2n) is 10.1. The minimum Gasteiger partial charge on any atom is -0.475 e. The van der Waals surface area contributed by atoms with Crippen LogP contribution in [0.25, 0.3) is 10.9 Å². The van der Waals surface area contributed by atoms with E-state index in [4.69, 9.17) is 30.9 Å². The van der Waals surface area contributed by atoms with Crippen LogP contribution in [0.5, 0.6) is 0 Å². The molecule has 2 aromatic carbocycles. The van der Waals surface area contributed by atoms with Gasteiger partial charge in [-0.05, 0) is 38.0 Å². The summed E-state index contributed by atoms with van der Waals surface area (Å²) in [5, 5.41) is 31.7. The van der Waals surface area contributed by atoms with Gasteiger partial charge in [-0.3, -0.25) is 10.2 Å². The molecule has 0 aliphatic heterocycles. The van der Waals surface area contributed by atoms with E-state index in [1.54, 1.807) is 0 Å². The maximum absolute atomic E-state index is 13.9. The first-order valence-corrected chi connectivity index (χ1v) is 13.7. The van der Waals surface area contributed by atoms with Crippen LogP contribution in [0.15, 0.2) is 36.4 Å². The third kappa shape index (κ3) is 12.1.